The van der Waals surface area contributed by atoms with Crippen LogP contribution in [0.15, 0.2) is 48.5 Å². The lowest BCUT2D eigenvalue weighted by Crippen LogP contribution is -2.62. The molecule has 4 rings (SSSR count). The number of rotatable bonds is 7. The number of anilines is 2. The molecule has 2 aromatic rings. The second-order valence-electron chi connectivity index (χ2n) is 8.54. The van der Waals surface area contributed by atoms with Crippen molar-refractivity contribution in [1.29, 1.82) is 0 Å². The van der Waals surface area contributed by atoms with E-state index in [1.54, 1.807) is 0 Å². The Balaban J connectivity index is 1.30. The molecular weight excluding hydrogens is 410 g/mol. The van der Waals surface area contributed by atoms with Crippen LogP contribution in [0.1, 0.15) is 11.1 Å². The minimum Gasteiger partial charge on any atom is -0.395 e. The summed E-state index contributed by atoms with van der Waals surface area (Å²) in [6.45, 7) is 4.49. The summed E-state index contributed by atoms with van der Waals surface area (Å²) < 4.78 is 5.41. The summed E-state index contributed by atoms with van der Waals surface area (Å²) in [4.78, 5) is 4.14. The van der Waals surface area contributed by atoms with Crippen molar-refractivity contribution in [2.24, 2.45) is 0 Å². The number of nitrogens with zero attached hydrogens (tertiary/aromatic N) is 2. The van der Waals surface area contributed by atoms with Gasteiger partial charge in [0.15, 0.2) is 0 Å². The molecule has 2 heterocycles. The zero-order valence-corrected chi connectivity index (χ0v) is 18.2. The maximum atomic E-state index is 10.1. The lowest BCUT2D eigenvalue weighted by molar-refractivity contribution is -0.147. The van der Waals surface area contributed by atoms with Gasteiger partial charge in [0.2, 0.25) is 0 Å². The molecule has 0 spiro atoms. The van der Waals surface area contributed by atoms with Crippen LogP contribution in [0.5, 0.6) is 0 Å². The standard InChI is InChI=1S/C24H33N3O5/c28-16-21-23(30)24(31)22(29)15-27(21)14-18-3-1-17(2-4-18)13-25-19-5-7-20(8-6-19)26-9-11-32-12-10-26/h1-8,21-25,28-31H,9-16H2/t21-,22+,23-,24-/m1/s1. The quantitative estimate of drug-likeness (QED) is 0.418. The van der Waals surface area contributed by atoms with Crippen LogP contribution in [0.2, 0.25) is 0 Å². The summed E-state index contributed by atoms with van der Waals surface area (Å²) in [5.41, 5.74) is 4.42. The molecule has 0 amide bonds. The van der Waals surface area contributed by atoms with E-state index in [0.717, 1.165) is 43.1 Å². The number of benzene rings is 2. The number of nitrogens with one attached hydrogen (secondary N) is 1. The molecule has 0 saturated carbocycles. The van der Waals surface area contributed by atoms with Crippen molar-refractivity contribution in [3.05, 3.63) is 59.7 Å². The lowest BCUT2D eigenvalue weighted by Gasteiger charge is -2.43. The van der Waals surface area contributed by atoms with Crippen molar-refractivity contribution in [3.63, 3.8) is 0 Å². The number of hydrogen-bond acceptors (Lipinski definition) is 8. The van der Waals surface area contributed by atoms with Crippen LogP contribution in [-0.2, 0) is 17.8 Å². The fraction of sp³-hybridized carbons (Fsp3) is 0.500. The molecule has 4 atom stereocenters. The Morgan fingerprint density at radius 3 is 2.19 bits per heavy atom. The van der Waals surface area contributed by atoms with E-state index in [4.69, 9.17) is 4.74 Å². The number of morpholine rings is 1. The van der Waals surface area contributed by atoms with Crippen molar-refractivity contribution >= 4 is 11.4 Å². The second-order valence-corrected chi connectivity index (χ2v) is 8.54. The normalized spacial score (nSPS) is 26.8. The molecular formula is C24H33N3O5. The number of β-amino-alcohol motifs (C(OH)–C–C–N with tert-alkyl or cyclic N) is 1. The van der Waals surface area contributed by atoms with E-state index in [2.05, 4.69) is 34.5 Å². The van der Waals surface area contributed by atoms with E-state index in [9.17, 15) is 20.4 Å². The Morgan fingerprint density at radius 1 is 0.875 bits per heavy atom. The van der Waals surface area contributed by atoms with E-state index >= 15 is 0 Å². The number of likely N-dealkylation sites (tertiary alicyclic amines) is 1. The van der Waals surface area contributed by atoms with Crippen LogP contribution in [-0.4, -0.2) is 89.1 Å². The van der Waals surface area contributed by atoms with E-state index in [0.29, 0.717) is 13.1 Å². The van der Waals surface area contributed by atoms with Crippen molar-refractivity contribution < 1.29 is 25.2 Å². The topological polar surface area (TPSA) is 109 Å². The summed E-state index contributed by atoms with van der Waals surface area (Å²) in [6, 6.07) is 16.0. The van der Waals surface area contributed by atoms with Gasteiger partial charge in [0.25, 0.3) is 0 Å². The van der Waals surface area contributed by atoms with E-state index in [1.165, 1.54) is 5.69 Å². The van der Waals surface area contributed by atoms with Crippen LogP contribution in [0, 0.1) is 0 Å². The molecule has 0 radical (unpaired) electrons. The third kappa shape index (κ3) is 5.40. The van der Waals surface area contributed by atoms with Gasteiger partial charge in [-0.15, -0.1) is 0 Å². The molecule has 0 aromatic heterocycles. The first-order chi connectivity index (χ1) is 15.5. The van der Waals surface area contributed by atoms with Gasteiger partial charge in [-0.25, -0.2) is 0 Å². The average Bonchev–Trinajstić information content (AvgIpc) is 2.83. The van der Waals surface area contributed by atoms with Crippen LogP contribution in [0.3, 0.4) is 0 Å². The first kappa shape index (κ1) is 23.0. The number of ether oxygens (including phenoxy) is 1. The summed E-state index contributed by atoms with van der Waals surface area (Å²) in [5, 5.41) is 43.0. The van der Waals surface area contributed by atoms with Gasteiger partial charge in [-0.2, -0.15) is 0 Å². The second kappa shape index (κ2) is 10.6. The zero-order valence-electron chi connectivity index (χ0n) is 18.2. The lowest BCUT2D eigenvalue weighted by atomic mass is 9.93. The molecule has 0 unspecified atom stereocenters. The van der Waals surface area contributed by atoms with Gasteiger partial charge < -0.3 is 35.4 Å². The van der Waals surface area contributed by atoms with E-state index < -0.39 is 24.4 Å². The molecule has 0 bridgehead atoms. The predicted molar refractivity (Wildman–Crippen MR) is 123 cm³/mol. The van der Waals surface area contributed by atoms with Gasteiger partial charge in [0.1, 0.15) is 12.2 Å². The first-order valence-corrected chi connectivity index (χ1v) is 11.2. The molecule has 5 N–H and O–H groups in total. The van der Waals surface area contributed by atoms with Crippen molar-refractivity contribution in [2.45, 2.75) is 37.4 Å². The van der Waals surface area contributed by atoms with Gasteiger partial charge in [-0.05, 0) is 35.4 Å². The molecule has 2 saturated heterocycles. The van der Waals surface area contributed by atoms with Crippen LogP contribution in [0.4, 0.5) is 11.4 Å². The molecule has 8 nitrogen and oxygen atoms in total. The highest BCUT2D eigenvalue weighted by molar-refractivity contribution is 5.55. The Labute approximate surface area is 188 Å². The fourth-order valence-corrected chi connectivity index (χ4v) is 4.37. The number of aliphatic hydroxyl groups is 4. The summed E-state index contributed by atoms with van der Waals surface area (Å²) >= 11 is 0. The predicted octanol–water partition coefficient (Wildman–Crippen LogP) is 0.395. The largest absolute Gasteiger partial charge is 0.395 e. The van der Waals surface area contributed by atoms with Crippen LogP contribution < -0.4 is 10.2 Å². The summed E-state index contributed by atoms with van der Waals surface area (Å²) in [7, 11) is 0. The van der Waals surface area contributed by atoms with Gasteiger partial charge in [-0.3, -0.25) is 4.90 Å². The fourth-order valence-electron chi connectivity index (χ4n) is 4.37. The Kier molecular flexibility index (Phi) is 7.62. The maximum absolute atomic E-state index is 10.1. The third-order valence-electron chi connectivity index (χ3n) is 6.36. The number of aliphatic hydroxyl groups excluding tert-OH is 4. The van der Waals surface area contributed by atoms with Gasteiger partial charge in [-0.1, -0.05) is 24.3 Å². The number of hydrogen-bond donors (Lipinski definition) is 5. The molecule has 2 aromatic carbocycles. The molecule has 174 valence electrons. The Morgan fingerprint density at radius 2 is 1.53 bits per heavy atom. The van der Waals surface area contributed by atoms with Crippen molar-refractivity contribution in [3.8, 4) is 0 Å². The zero-order chi connectivity index (χ0) is 22.5. The Bertz CT molecular complexity index is 842. The molecule has 2 fully saturated rings. The monoisotopic (exact) mass is 443 g/mol. The molecule has 0 aliphatic carbocycles. The highest BCUT2D eigenvalue weighted by atomic mass is 16.5. The molecule has 2 aliphatic rings. The minimum absolute atomic E-state index is 0.202. The van der Waals surface area contributed by atoms with Gasteiger partial charge in [0, 0.05) is 44.1 Å². The van der Waals surface area contributed by atoms with E-state index in [1.807, 2.05) is 29.2 Å². The van der Waals surface area contributed by atoms with E-state index in [-0.39, 0.29) is 13.2 Å². The van der Waals surface area contributed by atoms with Crippen LogP contribution >= 0.6 is 0 Å². The third-order valence-corrected chi connectivity index (χ3v) is 6.36. The molecule has 2 aliphatic heterocycles. The van der Waals surface area contributed by atoms with Crippen LogP contribution in [0.25, 0.3) is 0 Å². The van der Waals surface area contributed by atoms with Crippen molar-refractivity contribution in [1.82, 2.24) is 4.90 Å². The maximum Gasteiger partial charge on any atom is 0.109 e. The molecule has 32 heavy (non-hydrogen) atoms. The molecule has 8 heteroatoms. The minimum atomic E-state index is -1.24. The summed E-state index contributed by atoms with van der Waals surface area (Å²) in [5.74, 6) is 0. The number of piperidine rings is 1. The average molecular weight is 444 g/mol. The Hall–Kier alpha value is -2.20. The van der Waals surface area contributed by atoms with Gasteiger partial charge >= 0.3 is 0 Å². The summed E-state index contributed by atoms with van der Waals surface area (Å²) in [6.07, 6.45) is -3.45. The highest BCUT2D eigenvalue weighted by Crippen LogP contribution is 2.22. The first-order valence-electron chi connectivity index (χ1n) is 11.2. The smallest absolute Gasteiger partial charge is 0.109 e. The van der Waals surface area contributed by atoms with Gasteiger partial charge in [0.05, 0.1) is 32.0 Å². The van der Waals surface area contributed by atoms with Crippen molar-refractivity contribution in [2.75, 3.05) is 49.7 Å². The highest BCUT2D eigenvalue weighted by Gasteiger charge is 2.40. The SMILES string of the molecule is OC[C@@H]1[C@@H](O)[C@H](O)[C@@H](O)CN1Cc1ccc(CNc2ccc(N3CCOCC3)cc2)cc1.